The number of piperidine rings is 2. The summed E-state index contributed by atoms with van der Waals surface area (Å²) in [6.45, 7) is 4.75. The number of fused-ring (bicyclic) bond motifs is 3. The van der Waals surface area contributed by atoms with Crippen LogP contribution in [-0.4, -0.2) is 63.0 Å². The third-order valence-electron chi connectivity index (χ3n) is 10.6. The van der Waals surface area contributed by atoms with Crippen molar-refractivity contribution in [3.8, 4) is 0 Å². The van der Waals surface area contributed by atoms with E-state index in [1.165, 1.54) is 36.8 Å². The van der Waals surface area contributed by atoms with Gasteiger partial charge in [-0.25, -0.2) is 9.78 Å². The number of carbonyl (C=O) groups is 2. The van der Waals surface area contributed by atoms with Crippen LogP contribution in [0.15, 0.2) is 83.8 Å². The average Bonchev–Trinajstić information content (AvgIpc) is 3.53. The number of carbonyl (C=O) groups excluding carboxylic acids is 2. The van der Waals surface area contributed by atoms with Crippen LogP contribution in [0.25, 0.3) is 11.0 Å². The molecule has 1 unspecified atom stereocenters. The molecule has 234 valence electrons. The summed E-state index contributed by atoms with van der Waals surface area (Å²) in [7, 11) is 0. The molecule has 0 spiro atoms. The highest BCUT2D eigenvalue weighted by Crippen LogP contribution is 2.45. The molecule has 8 nitrogen and oxygen atoms in total. The number of para-hydroxylation sites is 2. The number of amides is 3. The molecule has 0 radical (unpaired) electrons. The number of nitrogens with zero attached hydrogens (tertiary/aromatic N) is 4. The van der Waals surface area contributed by atoms with Gasteiger partial charge in [0.2, 0.25) is 0 Å². The Bertz CT molecular complexity index is 1650. The third-order valence-corrected chi connectivity index (χ3v) is 11.4. The second-order valence-electron chi connectivity index (χ2n) is 13.0. The topological polar surface area (TPSA) is 96.5 Å². The fourth-order valence-electron chi connectivity index (χ4n) is 8.36. The second kappa shape index (κ2) is 12.5. The van der Waals surface area contributed by atoms with E-state index in [9.17, 15) is 9.59 Å². The van der Waals surface area contributed by atoms with E-state index in [0.717, 1.165) is 67.1 Å². The van der Waals surface area contributed by atoms with E-state index in [1.54, 1.807) is 0 Å². The van der Waals surface area contributed by atoms with Crippen LogP contribution in [0.4, 0.5) is 4.79 Å². The zero-order chi connectivity index (χ0) is 31.0. The minimum absolute atomic E-state index is 0.0619. The Morgan fingerprint density at radius 1 is 0.911 bits per heavy atom. The molecule has 1 aromatic heterocycles. The number of aryl methyl sites for hydroxylation is 1. The van der Waals surface area contributed by atoms with Gasteiger partial charge in [0.15, 0.2) is 0 Å². The van der Waals surface area contributed by atoms with E-state index in [4.69, 9.17) is 10.7 Å². The van der Waals surface area contributed by atoms with Gasteiger partial charge in [-0.15, -0.1) is 0 Å². The number of primary amides is 1. The highest BCUT2D eigenvalue weighted by molar-refractivity contribution is 7.98. The van der Waals surface area contributed by atoms with Crippen LogP contribution >= 0.6 is 11.9 Å². The SMILES string of the molecule is Cc1nc2ccccc2n1C1C[C@H]2CC[C@@H](C1)N2CCC1(c2ccccc2)CCN(C(=O)c2ccc(SNC(N)=O)cc2)CC1. The highest BCUT2D eigenvalue weighted by atomic mass is 32.2. The van der Waals surface area contributed by atoms with Crippen LogP contribution in [0.2, 0.25) is 0 Å². The normalized spacial score (nSPS) is 22.9. The fourth-order valence-corrected chi connectivity index (χ4v) is 8.85. The molecule has 3 amide bonds. The number of nitrogens with two attached hydrogens (primary N) is 1. The number of hydrogen-bond acceptors (Lipinski definition) is 5. The van der Waals surface area contributed by atoms with Gasteiger partial charge in [-0.1, -0.05) is 42.5 Å². The van der Waals surface area contributed by atoms with Gasteiger partial charge in [0.05, 0.1) is 11.0 Å². The molecule has 3 aliphatic rings. The smallest absolute Gasteiger partial charge is 0.322 e. The van der Waals surface area contributed by atoms with Gasteiger partial charge < -0.3 is 15.2 Å². The number of rotatable bonds is 8. The molecule has 7 rings (SSSR count). The summed E-state index contributed by atoms with van der Waals surface area (Å²) >= 11 is 1.15. The van der Waals surface area contributed by atoms with Crippen molar-refractivity contribution in [3.63, 3.8) is 0 Å². The molecule has 0 aliphatic carbocycles. The maximum Gasteiger partial charge on any atom is 0.322 e. The number of likely N-dealkylation sites (tertiary alicyclic amines) is 1. The van der Waals surface area contributed by atoms with Crippen LogP contribution in [0.1, 0.15) is 72.7 Å². The second-order valence-corrected chi connectivity index (χ2v) is 13.9. The lowest BCUT2D eigenvalue weighted by Gasteiger charge is -2.45. The molecule has 3 aliphatic heterocycles. The number of urea groups is 1. The lowest BCUT2D eigenvalue weighted by Crippen LogP contribution is -2.49. The Morgan fingerprint density at radius 2 is 1.58 bits per heavy atom. The molecule has 45 heavy (non-hydrogen) atoms. The minimum Gasteiger partial charge on any atom is -0.351 e. The van der Waals surface area contributed by atoms with Crippen LogP contribution in [0, 0.1) is 6.92 Å². The molecule has 3 atom stereocenters. The molecule has 4 aromatic rings. The Labute approximate surface area is 269 Å². The van der Waals surface area contributed by atoms with Crippen molar-refractivity contribution in [2.45, 2.75) is 80.3 Å². The summed E-state index contributed by atoms with van der Waals surface area (Å²) in [6, 6.07) is 28.1. The van der Waals surface area contributed by atoms with Gasteiger partial charge >= 0.3 is 6.03 Å². The lowest BCUT2D eigenvalue weighted by atomic mass is 9.70. The molecular weight excluding hydrogens is 581 g/mol. The van der Waals surface area contributed by atoms with Crippen LogP contribution in [0.5, 0.6) is 0 Å². The largest absolute Gasteiger partial charge is 0.351 e. The highest BCUT2D eigenvalue weighted by Gasteiger charge is 2.44. The van der Waals surface area contributed by atoms with Crippen LogP contribution in [0.3, 0.4) is 0 Å². The Hall–Kier alpha value is -3.82. The molecule has 4 heterocycles. The Morgan fingerprint density at radius 3 is 2.27 bits per heavy atom. The van der Waals surface area contributed by atoms with Crippen molar-refractivity contribution in [1.82, 2.24) is 24.1 Å². The first-order valence-electron chi connectivity index (χ1n) is 16.3. The van der Waals surface area contributed by atoms with Gasteiger partial charge in [-0.2, -0.15) is 0 Å². The maximum absolute atomic E-state index is 13.5. The zero-order valence-electron chi connectivity index (χ0n) is 25.9. The van der Waals surface area contributed by atoms with E-state index >= 15 is 0 Å². The number of hydrogen-bond donors (Lipinski definition) is 2. The number of imidazole rings is 1. The average molecular weight is 623 g/mol. The standard InChI is InChI=1S/C36H42N6O2S/c1-25-38-32-9-5-6-10-33(32)42(25)30-23-28-13-14-29(24-30)41(28)22-19-36(27-7-3-2-4-8-27)17-20-40(21-18-36)34(43)26-11-15-31(16-12-26)45-39-35(37)44/h2-12,15-16,28-30H,13-14,17-24H2,1H3,(H3,37,39,44)/t28-,29+,30?. The van der Waals surface area contributed by atoms with Crippen molar-refractivity contribution < 1.29 is 9.59 Å². The first-order valence-corrected chi connectivity index (χ1v) is 17.1. The van der Waals surface area contributed by atoms with E-state index < -0.39 is 6.03 Å². The predicted octanol–water partition coefficient (Wildman–Crippen LogP) is 6.45. The summed E-state index contributed by atoms with van der Waals surface area (Å²) < 4.78 is 5.03. The minimum atomic E-state index is -0.592. The van der Waals surface area contributed by atoms with Crippen molar-refractivity contribution in [2.75, 3.05) is 19.6 Å². The van der Waals surface area contributed by atoms with Crippen molar-refractivity contribution in [3.05, 3.63) is 95.8 Å². The number of aromatic nitrogens is 2. The first kappa shape index (κ1) is 29.9. The third kappa shape index (κ3) is 5.95. The monoisotopic (exact) mass is 622 g/mol. The zero-order valence-corrected chi connectivity index (χ0v) is 26.7. The lowest BCUT2D eigenvalue weighted by molar-refractivity contribution is 0.0607. The number of nitrogens with one attached hydrogen (secondary N) is 1. The van der Waals surface area contributed by atoms with Gasteiger partial charge in [-0.3, -0.25) is 14.4 Å². The van der Waals surface area contributed by atoms with Crippen molar-refractivity contribution in [1.29, 1.82) is 0 Å². The van der Waals surface area contributed by atoms with Crippen molar-refractivity contribution >= 4 is 34.9 Å². The van der Waals surface area contributed by atoms with E-state index in [0.29, 0.717) is 23.7 Å². The van der Waals surface area contributed by atoms with Crippen molar-refractivity contribution in [2.24, 2.45) is 5.73 Å². The molecule has 3 saturated heterocycles. The van der Waals surface area contributed by atoms with Crippen LogP contribution < -0.4 is 10.5 Å². The fraction of sp³-hybridized carbons (Fsp3) is 0.417. The molecule has 3 fully saturated rings. The van der Waals surface area contributed by atoms with Gasteiger partial charge in [0.1, 0.15) is 5.82 Å². The predicted molar refractivity (Wildman–Crippen MR) is 179 cm³/mol. The molecule has 2 bridgehead atoms. The first-order chi connectivity index (χ1) is 21.9. The molecular formula is C36H42N6O2S. The summed E-state index contributed by atoms with van der Waals surface area (Å²) in [5.41, 5.74) is 9.68. The maximum atomic E-state index is 13.5. The van der Waals surface area contributed by atoms with Crippen LogP contribution in [-0.2, 0) is 5.41 Å². The Balaban J connectivity index is 1.02. The quantitative estimate of drug-likeness (QED) is 0.220. The Kier molecular flexibility index (Phi) is 8.31. The van der Waals surface area contributed by atoms with E-state index in [2.05, 4.69) is 75.7 Å². The summed E-state index contributed by atoms with van der Waals surface area (Å²) in [5, 5.41) is 0. The van der Waals surface area contributed by atoms with E-state index in [1.807, 2.05) is 29.2 Å². The number of benzene rings is 3. The van der Waals surface area contributed by atoms with E-state index in [-0.39, 0.29) is 11.3 Å². The van der Waals surface area contributed by atoms with Gasteiger partial charge in [-0.05, 0) is 118 Å². The molecule has 0 saturated carbocycles. The molecule has 3 N–H and O–H groups in total. The summed E-state index contributed by atoms with van der Waals surface area (Å²) in [4.78, 5) is 35.0. The summed E-state index contributed by atoms with van der Waals surface area (Å²) in [5.74, 6) is 1.20. The van der Waals surface area contributed by atoms with Gasteiger partial charge in [0, 0.05) is 41.7 Å². The molecule has 9 heteroatoms. The van der Waals surface area contributed by atoms with Gasteiger partial charge in [0.25, 0.3) is 5.91 Å². The summed E-state index contributed by atoms with van der Waals surface area (Å²) in [6.07, 6.45) is 7.98. The molecule has 3 aromatic carbocycles.